The van der Waals surface area contributed by atoms with Crippen LogP contribution in [0, 0.1) is 6.92 Å². The van der Waals surface area contributed by atoms with Gasteiger partial charge in [-0.1, -0.05) is 28.4 Å². The summed E-state index contributed by atoms with van der Waals surface area (Å²) in [6.45, 7) is 1.99. The zero-order chi connectivity index (χ0) is 14.3. The van der Waals surface area contributed by atoms with Crippen LogP contribution in [0.15, 0.2) is 27.4 Å². The maximum atomic E-state index is 6.14. The van der Waals surface area contributed by atoms with Crippen molar-refractivity contribution < 1.29 is 4.52 Å². The number of halogens is 2. The predicted octanol–water partition coefficient (Wildman–Crippen LogP) is 4.66. The lowest BCUT2D eigenvalue weighted by Crippen LogP contribution is -1.92. The topological polar surface area (TPSA) is 64.9 Å². The second kappa shape index (κ2) is 5.09. The first-order chi connectivity index (χ1) is 9.58. The smallest absolute Gasteiger partial charge is 0.261 e. The van der Waals surface area contributed by atoms with Gasteiger partial charge in [0.25, 0.3) is 5.89 Å². The number of aryl methyl sites for hydroxylation is 1. The highest BCUT2D eigenvalue weighted by atomic mass is 35.5. The van der Waals surface area contributed by atoms with E-state index < -0.39 is 0 Å². The number of anilines is 1. The number of thiophene rings is 1. The van der Waals surface area contributed by atoms with E-state index in [0.717, 1.165) is 11.1 Å². The third-order valence-corrected chi connectivity index (χ3v) is 4.38. The van der Waals surface area contributed by atoms with Crippen molar-refractivity contribution in [2.45, 2.75) is 6.92 Å². The minimum atomic E-state index is 0.260. The summed E-state index contributed by atoms with van der Waals surface area (Å²) < 4.78 is 5.27. The van der Waals surface area contributed by atoms with E-state index in [4.69, 9.17) is 33.5 Å². The minimum Gasteiger partial charge on any atom is -0.397 e. The van der Waals surface area contributed by atoms with Crippen LogP contribution in [-0.2, 0) is 0 Å². The molecule has 7 heteroatoms. The fraction of sp³-hybridized carbons (Fsp3) is 0.0769. The molecule has 0 atom stereocenters. The second-order valence-electron chi connectivity index (χ2n) is 4.21. The second-order valence-corrected chi connectivity index (χ2v) is 5.77. The van der Waals surface area contributed by atoms with Crippen LogP contribution in [0.25, 0.3) is 22.8 Å². The summed E-state index contributed by atoms with van der Waals surface area (Å²) in [5.74, 6) is 0.768. The molecule has 0 aliphatic carbocycles. The Kier molecular flexibility index (Phi) is 3.41. The molecule has 2 N–H and O–H groups in total. The lowest BCUT2D eigenvalue weighted by molar-refractivity contribution is 0.432. The molecule has 2 aromatic heterocycles. The van der Waals surface area contributed by atoms with Crippen molar-refractivity contribution in [3.63, 3.8) is 0 Å². The standard InChI is InChI=1S/C13H9Cl2N3OS/c1-6-4-20-5-7(6)12-17-13(19-18-12)10-8(14)2-3-9(15)11(10)16/h2-5H,16H2,1H3. The Morgan fingerprint density at radius 3 is 2.65 bits per heavy atom. The predicted molar refractivity (Wildman–Crippen MR) is 82.2 cm³/mol. The zero-order valence-corrected chi connectivity index (χ0v) is 12.7. The summed E-state index contributed by atoms with van der Waals surface area (Å²) in [6.07, 6.45) is 0. The van der Waals surface area contributed by atoms with Gasteiger partial charge in [0.05, 0.1) is 21.3 Å². The van der Waals surface area contributed by atoms with Gasteiger partial charge in [-0.05, 0) is 30.0 Å². The Labute approximate surface area is 129 Å². The molecule has 2 heterocycles. The molecule has 0 aliphatic heterocycles. The van der Waals surface area contributed by atoms with Gasteiger partial charge in [0.1, 0.15) is 0 Å². The van der Waals surface area contributed by atoms with Gasteiger partial charge in [-0.25, -0.2) is 0 Å². The van der Waals surface area contributed by atoms with Crippen LogP contribution in [0.5, 0.6) is 0 Å². The Bertz CT molecular complexity index is 782. The molecule has 3 rings (SSSR count). The Morgan fingerprint density at radius 1 is 1.20 bits per heavy atom. The van der Waals surface area contributed by atoms with Crippen molar-refractivity contribution in [2.75, 3.05) is 5.73 Å². The van der Waals surface area contributed by atoms with Crippen molar-refractivity contribution in [3.8, 4) is 22.8 Å². The molecule has 0 unspecified atom stereocenters. The largest absolute Gasteiger partial charge is 0.397 e. The Balaban J connectivity index is 2.12. The van der Waals surface area contributed by atoms with Gasteiger partial charge in [-0.3, -0.25) is 0 Å². The van der Waals surface area contributed by atoms with Crippen molar-refractivity contribution in [3.05, 3.63) is 38.5 Å². The lowest BCUT2D eigenvalue weighted by atomic mass is 10.1. The molecule has 0 spiro atoms. The summed E-state index contributed by atoms with van der Waals surface area (Å²) in [4.78, 5) is 4.35. The molecule has 102 valence electrons. The fourth-order valence-corrected chi connectivity index (χ4v) is 3.04. The van der Waals surface area contributed by atoms with Gasteiger partial charge >= 0.3 is 0 Å². The van der Waals surface area contributed by atoms with E-state index in [-0.39, 0.29) is 5.89 Å². The number of hydrogen-bond acceptors (Lipinski definition) is 5. The zero-order valence-electron chi connectivity index (χ0n) is 10.4. The normalized spacial score (nSPS) is 10.9. The van der Waals surface area contributed by atoms with Crippen LogP contribution >= 0.6 is 34.5 Å². The molecule has 0 fully saturated rings. The van der Waals surface area contributed by atoms with Crippen molar-refractivity contribution in [1.82, 2.24) is 10.1 Å². The maximum Gasteiger partial charge on any atom is 0.261 e. The minimum absolute atomic E-state index is 0.260. The SMILES string of the molecule is Cc1cscc1-c1noc(-c2c(Cl)ccc(Cl)c2N)n1. The number of aromatic nitrogens is 2. The van der Waals surface area contributed by atoms with Crippen molar-refractivity contribution >= 4 is 40.2 Å². The van der Waals surface area contributed by atoms with Crippen molar-refractivity contribution in [2.24, 2.45) is 0 Å². The van der Waals surface area contributed by atoms with E-state index in [1.807, 2.05) is 17.7 Å². The molecule has 0 radical (unpaired) electrons. The average molecular weight is 326 g/mol. The van der Waals surface area contributed by atoms with E-state index in [0.29, 0.717) is 27.1 Å². The first-order valence-electron chi connectivity index (χ1n) is 5.68. The summed E-state index contributed by atoms with van der Waals surface area (Å²) in [5, 5.41) is 8.78. The third-order valence-electron chi connectivity index (χ3n) is 2.88. The molecule has 0 bridgehead atoms. The number of nitrogens with zero attached hydrogens (tertiary/aromatic N) is 2. The first kappa shape index (κ1) is 13.4. The van der Waals surface area contributed by atoms with Crippen LogP contribution in [0.4, 0.5) is 5.69 Å². The van der Waals surface area contributed by atoms with Gasteiger partial charge in [0.2, 0.25) is 5.82 Å². The summed E-state index contributed by atoms with van der Waals surface area (Å²) in [7, 11) is 0. The lowest BCUT2D eigenvalue weighted by Gasteiger charge is -2.04. The van der Waals surface area contributed by atoms with Crippen LogP contribution < -0.4 is 5.73 Å². The molecular formula is C13H9Cl2N3OS. The molecule has 0 saturated carbocycles. The average Bonchev–Trinajstić information content (AvgIpc) is 3.03. The van der Waals surface area contributed by atoms with E-state index in [1.54, 1.807) is 23.5 Å². The van der Waals surface area contributed by atoms with E-state index in [2.05, 4.69) is 10.1 Å². The number of nitrogens with two attached hydrogens (primary N) is 1. The molecular weight excluding hydrogens is 317 g/mol. The highest BCUT2D eigenvalue weighted by Gasteiger charge is 2.19. The Morgan fingerprint density at radius 2 is 1.95 bits per heavy atom. The van der Waals surface area contributed by atoms with E-state index in [1.165, 1.54) is 0 Å². The molecule has 0 aliphatic rings. The third kappa shape index (κ3) is 2.18. The molecule has 1 aromatic carbocycles. The highest BCUT2D eigenvalue weighted by Crippen LogP contribution is 2.37. The van der Waals surface area contributed by atoms with Crippen LogP contribution in [0.1, 0.15) is 5.56 Å². The van der Waals surface area contributed by atoms with Crippen molar-refractivity contribution in [1.29, 1.82) is 0 Å². The van der Waals surface area contributed by atoms with Gasteiger partial charge in [-0.15, -0.1) is 0 Å². The molecule has 4 nitrogen and oxygen atoms in total. The summed E-state index contributed by atoms with van der Waals surface area (Å²) >= 11 is 13.7. The van der Waals surface area contributed by atoms with Gasteiger partial charge in [0.15, 0.2) is 0 Å². The summed E-state index contributed by atoms with van der Waals surface area (Å²) in [5.41, 5.74) is 8.75. The van der Waals surface area contributed by atoms with Gasteiger partial charge in [-0.2, -0.15) is 16.3 Å². The Hall–Kier alpha value is -1.56. The number of benzene rings is 1. The first-order valence-corrected chi connectivity index (χ1v) is 7.38. The number of hydrogen-bond donors (Lipinski definition) is 1. The molecule has 20 heavy (non-hydrogen) atoms. The van der Waals surface area contributed by atoms with E-state index in [9.17, 15) is 0 Å². The molecule has 3 aromatic rings. The van der Waals surface area contributed by atoms with E-state index >= 15 is 0 Å². The molecule has 0 saturated heterocycles. The highest BCUT2D eigenvalue weighted by molar-refractivity contribution is 7.08. The maximum absolute atomic E-state index is 6.14. The quantitative estimate of drug-likeness (QED) is 0.696. The fourth-order valence-electron chi connectivity index (χ4n) is 1.81. The number of rotatable bonds is 2. The van der Waals surface area contributed by atoms with Crippen LogP contribution in [0.2, 0.25) is 10.0 Å². The monoisotopic (exact) mass is 325 g/mol. The number of nitrogen functional groups attached to an aromatic ring is 1. The van der Waals surface area contributed by atoms with Gasteiger partial charge in [0, 0.05) is 10.9 Å². The van der Waals surface area contributed by atoms with Crippen LogP contribution in [-0.4, -0.2) is 10.1 Å². The summed E-state index contributed by atoms with van der Waals surface area (Å²) in [6, 6.07) is 3.28. The van der Waals surface area contributed by atoms with Gasteiger partial charge < -0.3 is 10.3 Å². The van der Waals surface area contributed by atoms with Crippen LogP contribution in [0.3, 0.4) is 0 Å². The molecule has 0 amide bonds.